The molecule has 9 nitrogen and oxygen atoms in total. The summed E-state index contributed by atoms with van der Waals surface area (Å²) in [7, 11) is -2.36. The number of carbonyl (C=O) groups is 1. The number of rotatable bonds is 9. The number of aliphatic hydroxyl groups is 1. The number of amides is 1. The summed E-state index contributed by atoms with van der Waals surface area (Å²) in [5, 5.41) is 12.7. The fourth-order valence-corrected chi connectivity index (χ4v) is 5.56. The van der Waals surface area contributed by atoms with Crippen LogP contribution in [0, 0.1) is 0 Å². The number of carbonyl (C=O) groups excluding carboxylic acids is 1. The van der Waals surface area contributed by atoms with Crippen molar-refractivity contribution in [3.05, 3.63) is 48.0 Å². The van der Waals surface area contributed by atoms with E-state index in [2.05, 4.69) is 10.0 Å². The minimum absolute atomic E-state index is 0.0889. The third-order valence-corrected chi connectivity index (χ3v) is 7.47. The molecule has 10 heteroatoms. The Morgan fingerprint density at radius 2 is 2.06 bits per heavy atom. The van der Waals surface area contributed by atoms with Crippen LogP contribution in [0.15, 0.2) is 47.4 Å². The Labute approximate surface area is 199 Å². The molecular weight excluding hydrogens is 460 g/mol. The molecule has 3 N–H and O–H groups in total. The molecule has 34 heavy (non-hydrogen) atoms. The van der Waals surface area contributed by atoms with Gasteiger partial charge in [-0.2, -0.15) is 0 Å². The Morgan fingerprint density at radius 3 is 2.79 bits per heavy atom. The first-order valence-corrected chi connectivity index (χ1v) is 12.8. The van der Waals surface area contributed by atoms with Gasteiger partial charge in [-0.3, -0.25) is 9.52 Å². The van der Waals surface area contributed by atoms with Gasteiger partial charge in [0.1, 0.15) is 23.7 Å². The molecule has 0 unspecified atom stereocenters. The van der Waals surface area contributed by atoms with Gasteiger partial charge in [-0.15, -0.1) is 0 Å². The maximum Gasteiger partial charge on any atom is 0.262 e. The number of methoxy groups -OCH3 is 1. The molecule has 2 aliphatic rings. The largest absolute Gasteiger partial charge is 0.497 e. The lowest BCUT2D eigenvalue weighted by Crippen LogP contribution is -2.47. The first-order valence-electron chi connectivity index (χ1n) is 11.3. The predicted molar refractivity (Wildman–Crippen MR) is 126 cm³/mol. The van der Waals surface area contributed by atoms with Crippen LogP contribution in [0.5, 0.6) is 11.5 Å². The van der Waals surface area contributed by atoms with E-state index in [1.807, 2.05) is 6.92 Å². The zero-order valence-corrected chi connectivity index (χ0v) is 20.0. The van der Waals surface area contributed by atoms with Gasteiger partial charge in [0, 0.05) is 29.8 Å². The van der Waals surface area contributed by atoms with Crippen LogP contribution in [0.2, 0.25) is 0 Å². The van der Waals surface area contributed by atoms with Crippen molar-refractivity contribution in [1.29, 1.82) is 0 Å². The number of anilines is 1. The fourth-order valence-electron chi connectivity index (χ4n) is 4.48. The summed E-state index contributed by atoms with van der Waals surface area (Å²) in [6, 6.07) is 11.3. The van der Waals surface area contributed by atoms with Gasteiger partial charge >= 0.3 is 0 Å². The van der Waals surface area contributed by atoms with Crippen molar-refractivity contribution in [2.24, 2.45) is 0 Å². The molecular formula is C24H30N2O7S. The third kappa shape index (κ3) is 5.13. The highest BCUT2D eigenvalue weighted by Crippen LogP contribution is 2.47. The topological polar surface area (TPSA) is 123 Å². The number of benzene rings is 2. The van der Waals surface area contributed by atoms with E-state index in [9.17, 15) is 18.3 Å². The second kappa shape index (κ2) is 10.2. The molecule has 4 atom stereocenters. The number of aliphatic hydroxyl groups excluding tert-OH is 1. The lowest BCUT2D eigenvalue weighted by molar-refractivity contribution is -0.142. The van der Waals surface area contributed by atoms with Crippen molar-refractivity contribution in [1.82, 2.24) is 5.32 Å². The molecule has 4 rings (SSSR count). The van der Waals surface area contributed by atoms with Crippen LogP contribution in [0.25, 0.3) is 0 Å². The van der Waals surface area contributed by atoms with Gasteiger partial charge in [-0.25, -0.2) is 8.42 Å². The smallest absolute Gasteiger partial charge is 0.262 e. The van der Waals surface area contributed by atoms with E-state index in [0.717, 1.165) is 12.0 Å². The van der Waals surface area contributed by atoms with Gasteiger partial charge in [0.25, 0.3) is 10.0 Å². The second-order valence-electron chi connectivity index (χ2n) is 8.49. The molecule has 2 aromatic carbocycles. The lowest BCUT2D eigenvalue weighted by Gasteiger charge is -2.37. The zero-order chi connectivity index (χ0) is 24.3. The standard InChI is InChI=1S/C24H30N2O7S/c1-3-9-25-23(28)13-17-12-20-19-10-15(7-8-21(19)33-24(20)22(14-27)32-17)26-34(29,30)18-6-4-5-16(11-18)31-2/h4-8,10-11,17,20,22,24,26-27H,3,9,12-14H2,1-2H3,(H,25,28)/t17-,20+,22+,24-/m0/s1. The van der Waals surface area contributed by atoms with Gasteiger partial charge in [-0.05, 0) is 43.2 Å². The summed E-state index contributed by atoms with van der Waals surface area (Å²) in [5.74, 6) is 0.837. The van der Waals surface area contributed by atoms with Gasteiger partial charge in [0.2, 0.25) is 5.91 Å². The zero-order valence-electron chi connectivity index (χ0n) is 19.2. The number of fused-ring (bicyclic) bond motifs is 3. The van der Waals surface area contributed by atoms with Crippen molar-refractivity contribution in [3.8, 4) is 11.5 Å². The molecule has 0 radical (unpaired) electrons. The summed E-state index contributed by atoms with van der Waals surface area (Å²) in [5.41, 5.74) is 1.23. The fraction of sp³-hybridized carbons (Fsp3) is 0.458. The number of hydrogen-bond donors (Lipinski definition) is 3. The van der Waals surface area contributed by atoms with E-state index in [1.165, 1.54) is 19.2 Å². The van der Waals surface area contributed by atoms with Crippen molar-refractivity contribution < 1.29 is 32.5 Å². The van der Waals surface area contributed by atoms with Crippen LogP contribution in [-0.2, 0) is 19.6 Å². The molecule has 0 aliphatic carbocycles. The summed E-state index contributed by atoms with van der Waals surface area (Å²) in [6.45, 7) is 2.35. The quantitative estimate of drug-likeness (QED) is 0.493. The Morgan fingerprint density at radius 1 is 1.24 bits per heavy atom. The van der Waals surface area contributed by atoms with Crippen LogP contribution in [0.4, 0.5) is 5.69 Å². The molecule has 0 aromatic heterocycles. The second-order valence-corrected chi connectivity index (χ2v) is 10.2. The minimum Gasteiger partial charge on any atom is -0.497 e. The SMILES string of the molecule is CCCNC(=O)C[C@@H]1C[C@@H]2c3cc(NS(=O)(=O)c4cccc(OC)c4)ccc3O[C@@H]2[C@@H](CO)O1. The maximum absolute atomic E-state index is 12.9. The van der Waals surface area contributed by atoms with Gasteiger partial charge in [0.05, 0.1) is 31.1 Å². The molecule has 2 aromatic rings. The molecule has 1 amide bonds. The molecule has 2 aliphatic heterocycles. The van der Waals surface area contributed by atoms with Crippen molar-refractivity contribution >= 4 is 21.6 Å². The number of hydrogen-bond acceptors (Lipinski definition) is 7. The molecule has 0 spiro atoms. The summed E-state index contributed by atoms with van der Waals surface area (Å²) in [6.07, 6.45) is 0.211. The number of nitrogens with one attached hydrogen (secondary N) is 2. The summed E-state index contributed by atoms with van der Waals surface area (Å²) in [4.78, 5) is 12.3. The van der Waals surface area contributed by atoms with E-state index in [0.29, 0.717) is 30.2 Å². The normalized spacial score (nSPS) is 23.4. The monoisotopic (exact) mass is 490 g/mol. The molecule has 0 saturated carbocycles. The van der Waals surface area contributed by atoms with Crippen LogP contribution >= 0.6 is 0 Å². The number of sulfonamides is 1. The average Bonchev–Trinajstić information content (AvgIpc) is 3.20. The Kier molecular flexibility index (Phi) is 7.30. The highest BCUT2D eigenvalue weighted by molar-refractivity contribution is 7.92. The molecule has 0 bridgehead atoms. The van der Waals surface area contributed by atoms with E-state index >= 15 is 0 Å². The first kappa shape index (κ1) is 24.3. The van der Waals surface area contributed by atoms with Crippen LogP contribution in [0.3, 0.4) is 0 Å². The maximum atomic E-state index is 12.9. The lowest BCUT2D eigenvalue weighted by atomic mass is 9.84. The summed E-state index contributed by atoms with van der Waals surface area (Å²) < 4.78 is 45.6. The molecule has 184 valence electrons. The number of ether oxygens (including phenoxy) is 3. The van der Waals surface area contributed by atoms with E-state index in [-0.39, 0.29) is 35.9 Å². The van der Waals surface area contributed by atoms with E-state index in [4.69, 9.17) is 14.2 Å². The Hall–Kier alpha value is -2.82. The first-order chi connectivity index (χ1) is 16.3. The van der Waals surface area contributed by atoms with Crippen LogP contribution in [-0.4, -0.2) is 58.0 Å². The minimum atomic E-state index is -3.83. The van der Waals surface area contributed by atoms with E-state index in [1.54, 1.807) is 30.3 Å². The highest BCUT2D eigenvalue weighted by Gasteiger charge is 2.46. The summed E-state index contributed by atoms with van der Waals surface area (Å²) >= 11 is 0. The Bertz CT molecular complexity index is 1140. The molecule has 2 heterocycles. The van der Waals surface area contributed by atoms with E-state index < -0.39 is 22.2 Å². The average molecular weight is 491 g/mol. The third-order valence-electron chi connectivity index (χ3n) is 6.09. The van der Waals surface area contributed by atoms with Crippen LogP contribution in [0.1, 0.15) is 37.7 Å². The Balaban J connectivity index is 1.54. The van der Waals surface area contributed by atoms with Crippen molar-refractivity contribution in [2.45, 2.75) is 55.3 Å². The van der Waals surface area contributed by atoms with Gasteiger partial charge in [-0.1, -0.05) is 13.0 Å². The van der Waals surface area contributed by atoms with Gasteiger partial charge < -0.3 is 24.6 Å². The van der Waals surface area contributed by atoms with Crippen LogP contribution < -0.4 is 19.5 Å². The highest BCUT2D eigenvalue weighted by atomic mass is 32.2. The van der Waals surface area contributed by atoms with Crippen molar-refractivity contribution in [2.75, 3.05) is 25.0 Å². The molecule has 1 fully saturated rings. The molecule has 1 saturated heterocycles. The predicted octanol–water partition coefficient (Wildman–Crippen LogP) is 2.41. The van der Waals surface area contributed by atoms with Gasteiger partial charge in [0.15, 0.2) is 0 Å². The van der Waals surface area contributed by atoms with Crippen molar-refractivity contribution in [3.63, 3.8) is 0 Å².